The van der Waals surface area contributed by atoms with Crippen molar-refractivity contribution in [1.82, 2.24) is 15.1 Å². The average molecular weight is 337 g/mol. The Morgan fingerprint density at radius 3 is 2.50 bits per heavy atom. The highest BCUT2D eigenvalue weighted by molar-refractivity contribution is 6.09. The molecule has 3 fully saturated rings. The summed E-state index contributed by atoms with van der Waals surface area (Å²) in [6.45, 7) is 6.65. The molecular formula is C17H27N3O4. The molecule has 7 nitrogen and oxygen atoms in total. The van der Waals surface area contributed by atoms with Gasteiger partial charge >= 0.3 is 6.03 Å². The molecule has 0 aromatic carbocycles. The van der Waals surface area contributed by atoms with Gasteiger partial charge in [-0.25, -0.2) is 4.79 Å². The summed E-state index contributed by atoms with van der Waals surface area (Å²) in [4.78, 5) is 40.6. The fraction of sp³-hybridized carbons (Fsp3) is 0.824. The molecule has 4 atom stereocenters. The van der Waals surface area contributed by atoms with E-state index in [9.17, 15) is 14.4 Å². The number of hydrogen-bond donors (Lipinski definition) is 1. The maximum Gasteiger partial charge on any atom is 0.325 e. The van der Waals surface area contributed by atoms with E-state index in [0.717, 1.165) is 24.2 Å². The van der Waals surface area contributed by atoms with Gasteiger partial charge in [0.2, 0.25) is 5.91 Å². The van der Waals surface area contributed by atoms with E-state index >= 15 is 0 Å². The number of amides is 4. The van der Waals surface area contributed by atoms with E-state index in [1.54, 1.807) is 4.90 Å². The third-order valence-corrected chi connectivity index (χ3v) is 5.57. The van der Waals surface area contributed by atoms with Crippen molar-refractivity contribution in [1.29, 1.82) is 0 Å². The SMILES string of the molecule is C[C@@H]1CN(C(=O)CN2C(=O)N[C@]3(CCCC[C@@H]3C)C2=O)C[C@H](C)O1. The minimum Gasteiger partial charge on any atom is -0.372 e. The zero-order chi connectivity index (χ0) is 17.5. The van der Waals surface area contributed by atoms with Gasteiger partial charge in [-0.3, -0.25) is 14.5 Å². The number of morpholine rings is 1. The van der Waals surface area contributed by atoms with Crippen LogP contribution in [0.3, 0.4) is 0 Å². The first-order chi connectivity index (χ1) is 11.3. The summed E-state index contributed by atoms with van der Waals surface area (Å²) >= 11 is 0. The minimum atomic E-state index is -0.804. The smallest absolute Gasteiger partial charge is 0.325 e. The standard InChI is InChI=1S/C17H27N3O4/c1-11-6-4-5-7-17(11)15(22)20(16(23)18-17)10-14(21)19-8-12(2)24-13(3)9-19/h11-13H,4-10H2,1-3H3,(H,18,23)/t11-,12-,13+,17-/m0/s1. The van der Waals surface area contributed by atoms with Gasteiger partial charge in [-0.2, -0.15) is 0 Å². The molecule has 2 saturated heterocycles. The number of urea groups is 1. The second-order valence-corrected chi connectivity index (χ2v) is 7.50. The van der Waals surface area contributed by atoms with E-state index in [4.69, 9.17) is 4.74 Å². The fourth-order valence-electron chi connectivity index (χ4n) is 4.26. The third kappa shape index (κ3) is 2.90. The van der Waals surface area contributed by atoms with Crippen LogP contribution in [0.25, 0.3) is 0 Å². The summed E-state index contributed by atoms with van der Waals surface area (Å²) in [5, 5.41) is 2.89. The summed E-state index contributed by atoms with van der Waals surface area (Å²) < 4.78 is 5.63. The largest absolute Gasteiger partial charge is 0.372 e. The molecule has 0 aromatic heterocycles. The predicted octanol–water partition coefficient (Wildman–Crippen LogP) is 1.12. The van der Waals surface area contributed by atoms with Crippen molar-refractivity contribution in [3.8, 4) is 0 Å². The quantitative estimate of drug-likeness (QED) is 0.766. The van der Waals surface area contributed by atoms with Crippen molar-refractivity contribution in [2.45, 2.75) is 64.2 Å². The van der Waals surface area contributed by atoms with E-state index in [-0.39, 0.29) is 36.5 Å². The molecule has 1 aliphatic carbocycles. The second kappa shape index (κ2) is 6.35. The Morgan fingerprint density at radius 1 is 1.21 bits per heavy atom. The first-order valence-electron chi connectivity index (χ1n) is 8.91. The van der Waals surface area contributed by atoms with E-state index in [1.807, 2.05) is 20.8 Å². The Labute approximate surface area is 142 Å². The first-order valence-corrected chi connectivity index (χ1v) is 8.91. The lowest BCUT2D eigenvalue weighted by Crippen LogP contribution is -2.54. The molecule has 4 amide bonds. The van der Waals surface area contributed by atoms with Crippen LogP contribution in [0.4, 0.5) is 4.79 Å². The van der Waals surface area contributed by atoms with Crippen LogP contribution in [0.2, 0.25) is 0 Å². The van der Waals surface area contributed by atoms with Gasteiger partial charge in [-0.1, -0.05) is 19.8 Å². The highest BCUT2D eigenvalue weighted by atomic mass is 16.5. The monoisotopic (exact) mass is 337 g/mol. The van der Waals surface area contributed by atoms with E-state index in [2.05, 4.69) is 5.32 Å². The predicted molar refractivity (Wildman–Crippen MR) is 87.2 cm³/mol. The van der Waals surface area contributed by atoms with Crippen LogP contribution < -0.4 is 5.32 Å². The number of nitrogens with one attached hydrogen (secondary N) is 1. The topological polar surface area (TPSA) is 79.0 Å². The summed E-state index contributed by atoms with van der Waals surface area (Å²) in [5.74, 6) is -0.324. The van der Waals surface area contributed by atoms with Crippen LogP contribution in [-0.4, -0.2) is 65.0 Å². The van der Waals surface area contributed by atoms with E-state index in [0.29, 0.717) is 19.5 Å². The number of carbonyl (C=O) groups excluding carboxylic acids is 3. The average Bonchev–Trinajstić information content (AvgIpc) is 2.74. The van der Waals surface area contributed by atoms with Gasteiger partial charge < -0.3 is 15.0 Å². The molecule has 0 unspecified atom stereocenters. The molecule has 0 radical (unpaired) electrons. The molecule has 134 valence electrons. The second-order valence-electron chi connectivity index (χ2n) is 7.50. The van der Waals surface area contributed by atoms with Gasteiger partial charge in [-0.05, 0) is 32.6 Å². The number of imide groups is 1. The minimum absolute atomic E-state index is 0.0366. The molecule has 2 heterocycles. The maximum absolute atomic E-state index is 12.9. The van der Waals surface area contributed by atoms with Gasteiger partial charge in [0.1, 0.15) is 12.1 Å². The molecule has 3 aliphatic rings. The number of hydrogen-bond acceptors (Lipinski definition) is 4. The van der Waals surface area contributed by atoms with Gasteiger partial charge in [-0.15, -0.1) is 0 Å². The van der Waals surface area contributed by atoms with Gasteiger partial charge in [0, 0.05) is 13.1 Å². The number of rotatable bonds is 2. The molecule has 0 aromatic rings. The highest BCUT2D eigenvalue weighted by Crippen LogP contribution is 2.38. The lowest BCUT2D eigenvalue weighted by molar-refractivity contribution is -0.147. The Morgan fingerprint density at radius 2 is 1.88 bits per heavy atom. The van der Waals surface area contributed by atoms with Crippen LogP contribution in [-0.2, 0) is 14.3 Å². The van der Waals surface area contributed by atoms with Crippen LogP contribution in [0.5, 0.6) is 0 Å². The molecule has 1 N–H and O–H groups in total. The molecular weight excluding hydrogens is 310 g/mol. The van der Waals surface area contributed by atoms with E-state index in [1.165, 1.54) is 0 Å². The number of carbonyl (C=O) groups is 3. The lowest BCUT2D eigenvalue weighted by atomic mass is 9.73. The van der Waals surface area contributed by atoms with Gasteiger partial charge in [0.05, 0.1) is 12.2 Å². The summed E-state index contributed by atoms with van der Waals surface area (Å²) in [5.41, 5.74) is -0.804. The Bertz CT molecular complexity index is 542. The molecule has 3 rings (SSSR count). The normalized spacial score (nSPS) is 37.0. The summed E-state index contributed by atoms with van der Waals surface area (Å²) in [6, 6.07) is -0.434. The van der Waals surface area contributed by atoms with Crippen molar-refractivity contribution < 1.29 is 19.1 Å². The Balaban J connectivity index is 1.70. The summed E-state index contributed by atoms with van der Waals surface area (Å²) in [7, 11) is 0. The van der Waals surface area contributed by atoms with Crippen LogP contribution in [0.1, 0.15) is 46.5 Å². The molecule has 1 spiro atoms. The van der Waals surface area contributed by atoms with Crippen LogP contribution >= 0.6 is 0 Å². The van der Waals surface area contributed by atoms with Gasteiger partial charge in [0.25, 0.3) is 5.91 Å². The molecule has 1 saturated carbocycles. The van der Waals surface area contributed by atoms with E-state index < -0.39 is 11.6 Å². The highest BCUT2D eigenvalue weighted by Gasteiger charge is 2.55. The molecule has 2 aliphatic heterocycles. The Hall–Kier alpha value is -1.63. The van der Waals surface area contributed by atoms with Gasteiger partial charge in [0.15, 0.2) is 0 Å². The number of ether oxygens (including phenoxy) is 1. The van der Waals surface area contributed by atoms with Crippen molar-refractivity contribution in [3.05, 3.63) is 0 Å². The fourth-order valence-corrected chi connectivity index (χ4v) is 4.26. The molecule has 7 heteroatoms. The zero-order valence-electron chi connectivity index (χ0n) is 14.7. The third-order valence-electron chi connectivity index (χ3n) is 5.57. The van der Waals surface area contributed by atoms with Crippen molar-refractivity contribution >= 4 is 17.8 Å². The van der Waals surface area contributed by atoms with Crippen LogP contribution in [0.15, 0.2) is 0 Å². The molecule has 0 bridgehead atoms. The first kappa shape index (κ1) is 17.2. The lowest BCUT2D eigenvalue weighted by Gasteiger charge is -2.37. The van der Waals surface area contributed by atoms with Crippen molar-refractivity contribution in [2.24, 2.45) is 5.92 Å². The molecule has 24 heavy (non-hydrogen) atoms. The zero-order valence-corrected chi connectivity index (χ0v) is 14.7. The van der Waals surface area contributed by atoms with Crippen molar-refractivity contribution in [3.63, 3.8) is 0 Å². The Kier molecular flexibility index (Phi) is 4.55. The maximum atomic E-state index is 12.9. The number of nitrogens with zero attached hydrogens (tertiary/aromatic N) is 2. The summed E-state index contributed by atoms with van der Waals surface area (Å²) in [6.07, 6.45) is 3.52. The van der Waals surface area contributed by atoms with Crippen molar-refractivity contribution in [2.75, 3.05) is 19.6 Å². The van der Waals surface area contributed by atoms with Crippen LogP contribution in [0, 0.1) is 5.92 Å².